The molecule has 154 valence electrons. The number of hydrogen-bond donors (Lipinski definition) is 2. The molecule has 2 amide bonds. The van der Waals surface area contributed by atoms with Crippen molar-refractivity contribution >= 4 is 28.7 Å². The van der Waals surface area contributed by atoms with E-state index in [4.69, 9.17) is 4.42 Å². The van der Waals surface area contributed by atoms with E-state index in [2.05, 4.69) is 27.4 Å². The van der Waals surface area contributed by atoms with Crippen LogP contribution in [-0.4, -0.2) is 46.9 Å². The fourth-order valence-corrected chi connectivity index (χ4v) is 4.66. The SMILES string of the molecule is CC1C(NC(=O)c2cc3oc(NC(=O)c4ccccc4)cc3cn2)C2CCN1CC2. The molecule has 2 unspecified atom stereocenters. The highest BCUT2D eigenvalue weighted by atomic mass is 16.4. The minimum absolute atomic E-state index is 0.148. The Kier molecular flexibility index (Phi) is 4.75. The third-order valence-electron chi connectivity index (χ3n) is 6.38. The quantitative estimate of drug-likeness (QED) is 0.697. The van der Waals surface area contributed by atoms with Crippen LogP contribution in [0.2, 0.25) is 0 Å². The average Bonchev–Trinajstić information content (AvgIpc) is 3.18. The Morgan fingerprint density at radius 2 is 1.87 bits per heavy atom. The molecule has 3 aliphatic rings. The smallest absolute Gasteiger partial charge is 0.270 e. The number of nitrogens with zero attached hydrogens (tertiary/aromatic N) is 2. The van der Waals surface area contributed by atoms with E-state index in [0.717, 1.165) is 31.3 Å². The lowest BCUT2D eigenvalue weighted by Gasteiger charge is -2.49. The lowest BCUT2D eigenvalue weighted by Crippen LogP contribution is -2.62. The van der Waals surface area contributed by atoms with Crippen LogP contribution in [0.1, 0.15) is 40.6 Å². The highest BCUT2D eigenvalue weighted by molar-refractivity contribution is 6.04. The molecule has 3 aromatic rings. The molecule has 5 heterocycles. The third kappa shape index (κ3) is 3.45. The Morgan fingerprint density at radius 3 is 2.60 bits per heavy atom. The Hall–Kier alpha value is -3.19. The Morgan fingerprint density at radius 1 is 1.10 bits per heavy atom. The number of aromatic nitrogens is 1. The van der Waals surface area contributed by atoms with Gasteiger partial charge in [0.2, 0.25) is 5.88 Å². The number of pyridine rings is 1. The second kappa shape index (κ2) is 7.57. The number of benzene rings is 1. The van der Waals surface area contributed by atoms with Crippen LogP contribution in [0.25, 0.3) is 11.0 Å². The van der Waals surface area contributed by atoms with Gasteiger partial charge in [0, 0.05) is 41.4 Å². The normalized spacial score (nSPS) is 25.2. The molecule has 7 nitrogen and oxygen atoms in total. The van der Waals surface area contributed by atoms with Gasteiger partial charge >= 0.3 is 0 Å². The zero-order valence-electron chi connectivity index (χ0n) is 16.8. The zero-order valence-corrected chi connectivity index (χ0v) is 16.8. The molecule has 0 aliphatic carbocycles. The first-order valence-corrected chi connectivity index (χ1v) is 10.4. The molecule has 0 radical (unpaired) electrons. The summed E-state index contributed by atoms with van der Waals surface area (Å²) < 4.78 is 5.75. The molecule has 3 aliphatic heterocycles. The number of carbonyl (C=O) groups is 2. The summed E-state index contributed by atoms with van der Waals surface area (Å²) in [5.41, 5.74) is 1.38. The van der Waals surface area contributed by atoms with E-state index in [0.29, 0.717) is 34.7 Å². The number of piperidine rings is 3. The minimum atomic E-state index is -0.253. The van der Waals surface area contributed by atoms with E-state index < -0.39 is 0 Å². The first kappa shape index (κ1) is 18.8. The van der Waals surface area contributed by atoms with Crippen molar-refractivity contribution in [3.8, 4) is 0 Å². The van der Waals surface area contributed by atoms with Crippen molar-refractivity contribution in [2.24, 2.45) is 5.92 Å². The fraction of sp³-hybridized carbons (Fsp3) is 0.348. The van der Waals surface area contributed by atoms with Crippen LogP contribution in [0, 0.1) is 5.92 Å². The van der Waals surface area contributed by atoms with Gasteiger partial charge in [0.15, 0.2) is 0 Å². The van der Waals surface area contributed by atoms with E-state index in [1.807, 2.05) is 6.07 Å². The zero-order chi connectivity index (χ0) is 20.7. The maximum atomic E-state index is 12.8. The molecule has 2 atom stereocenters. The van der Waals surface area contributed by atoms with Gasteiger partial charge in [-0.3, -0.25) is 24.8 Å². The second-order valence-corrected chi connectivity index (χ2v) is 8.15. The Balaban J connectivity index is 1.31. The number of anilines is 1. The van der Waals surface area contributed by atoms with Crippen LogP contribution >= 0.6 is 0 Å². The van der Waals surface area contributed by atoms with Gasteiger partial charge in [0.25, 0.3) is 11.8 Å². The highest BCUT2D eigenvalue weighted by Crippen LogP contribution is 2.32. The maximum Gasteiger partial charge on any atom is 0.270 e. The van der Waals surface area contributed by atoms with Crippen LogP contribution in [-0.2, 0) is 0 Å². The van der Waals surface area contributed by atoms with Crippen molar-refractivity contribution in [2.75, 3.05) is 18.4 Å². The van der Waals surface area contributed by atoms with Crippen molar-refractivity contribution < 1.29 is 14.0 Å². The summed E-state index contributed by atoms with van der Waals surface area (Å²) >= 11 is 0. The number of hydrogen-bond acceptors (Lipinski definition) is 5. The van der Waals surface area contributed by atoms with Gasteiger partial charge in [-0.15, -0.1) is 0 Å². The van der Waals surface area contributed by atoms with Gasteiger partial charge in [-0.05, 0) is 50.9 Å². The van der Waals surface area contributed by atoms with Gasteiger partial charge < -0.3 is 9.73 Å². The topological polar surface area (TPSA) is 87.5 Å². The van der Waals surface area contributed by atoms with Crippen molar-refractivity contribution in [3.05, 3.63) is 59.9 Å². The lowest BCUT2D eigenvalue weighted by molar-refractivity contribution is 0.0216. The Labute approximate surface area is 174 Å². The minimum Gasteiger partial charge on any atom is -0.440 e. The molecule has 3 fully saturated rings. The van der Waals surface area contributed by atoms with Gasteiger partial charge in [-0.1, -0.05) is 18.2 Å². The van der Waals surface area contributed by atoms with Gasteiger partial charge in [-0.2, -0.15) is 0 Å². The van der Waals surface area contributed by atoms with Crippen LogP contribution in [0.15, 0.2) is 53.1 Å². The molecule has 1 aromatic carbocycles. The number of nitrogens with one attached hydrogen (secondary N) is 2. The van der Waals surface area contributed by atoms with E-state index in [-0.39, 0.29) is 17.9 Å². The summed E-state index contributed by atoms with van der Waals surface area (Å²) in [7, 11) is 0. The standard InChI is InChI=1S/C23H24N4O3/c1-14-21(15-7-9-27(14)10-8-15)26-23(29)18-12-19-17(13-24-18)11-20(30-19)25-22(28)16-5-3-2-4-6-16/h2-6,11-15,21H,7-10H2,1H3,(H,25,28)(H,26,29). The van der Waals surface area contributed by atoms with Gasteiger partial charge in [0.1, 0.15) is 11.3 Å². The Bertz CT molecular complexity index is 1080. The average molecular weight is 404 g/mol. The van der Waals surface area contributed by atoms with E-state index in [1.165, 1.54) is 0 Å². The van der Waals surface area contributed by atoms with Gasteiger partial charge in [0.05, 0.1) is 0 Å². The largest absolute Gasteiger partial charge is 0.440 e. The van der Waals surface area contributed by atoms with Crippen molar-refractivity contribution in [1.29, 1.82) is 0 Å². The molecule has 0 spiro atoms. The molecule has 2 aromatic heterocycles. The lowest BCUT2D eigenvalue weighted by atomic mass is 9.79. The van der Waals surface area contributed by atoms with E-state index >= 15 is 0 Å². The van der Waals surface area contributed by atoms with Crippen LogP contribution in [0.4, 0.5) is 5.88 Å². The number of rotatable bonds is 4. The van der Waals surface area contributed by atoms with Crippen molar-refractivity contribution in [1.82, 2.24) is 15.2 Å². The summed E-state index contributed by atoms with van der Waals surface area (Å²) in [6, 6.07) is 12.8. The number of carbonyl (C=O) groups excluding carboxylic acids is 2. The fourth-order valence-electron chi connectivity index (χ4n) is 4.66. The number of amides is 2. The van der Waals surface area contributed by atoms with Crippen LogP contribution < -0.4 is 10.6 Å². The van der Waals surface area contributed by atoms with Crippen molar-refractivity contribution in [3.63, 3.8) is 0 Å². The molecule has 7 heteroatoms. The molecule has 30 heavy (non-hydrogen) atoms. The number of fused-ring (bicyclic) bond motifs is 4. The molecule has 2 N–H and O–H groups in total. The summed E-state index contributed by atoms with van der Waals surface area (Å²) in [6.45, 7) is 4.42. The summed E-state index contributed by atoms with van der Waals surface area (Å²) in [5, 5.41) is 6.66. The molecule has 6 rings (SSSR count). The van der Waals surface area contributed by atoms with E-state index in [1.54, 1.807) is 42.6 Å². The monoisotopic (exact) mass is 404 g/mol. The molecular weight excluding hydrogens is 380 g/mol. The van der Waals surface area contributed by atoms with Gasteiger partial charge in [-0.25, -0.2) is 0 Å². The molecule has 3 saturated heterocycles. The summed E-state index contributed by atoms with van der Waals surface area (Å²) in [5.74, 6) is 0.413. The molecule has 2 bridgehead atoms. The predicted octanol–water partition coefficient (Wildman–Crippen LogP) is 3.29. The second-order valence-electron chi connectivity index (χ2n) is 8.15. The van der Waals surface area contributed by atoms with Crippen LogP contribution in [0.3, 0.4) is 0 Å². The number of furan rings is 1. The highest BCUT2D eigenvalue weighted by Gasteiger charge is 2.40. The predicted molar refractivity (Wildman–Crippen MR) is 113 cm³/mol. The first-order chi connectivity index (χ1) is 14.6. The first-order valence-electron chi connectivity index (χ1n) is 10.4. The summed E-state index contributed by atoms with van der Waals surface area (Å²) in [6.07, 6.45) is 3.86. The molecular formula is C23H24N4O3. The van der Waals surface area contributed by atoms with Crippen LogP contribution in [0.5, 0.6) is 0 Å². The van der Waals surface area contributed by atoms with E-state index in [9.17, 15) is 9.59 Å². The summed E-state index contributed by atoms with van der Waals surface area (Å²) in [4.78, 5) is 31.9. The van der Waals surface area contributed by atoms with Crippen molar-refractivity contribution in [2.45, 2.75) is 31.8 Å². The third-order valence-corrected chi connectivity index (χ3v) is 6.38. The maximum absolute atomic E-state index is 12.8. The molecule has 0 saturated carbocycles.